The smallest absolute Gasteiger partial charge is 0.303 e. The normalized spacial score (nSPS) is 11.5. The molecule has 2 N–H and O–H groups in total. The largest absolute Gasteiger partial charge is 0.481 e. The molecule has 1 aromatic carbocycles. The highest BCUT2D eigenvalue weighted by atomic mass is 16.5. The van der Waals surface area contributed by atoms with E-state index in [-0.39, 0.29) is 24.2 Å². The summed E-state index contributed by atoms with van der Waals surface area (Å²) in [5, 5.41) is 11.8. The second-order valence-corrected chi connectivity index (χ2v) is 5.35. The van der Waals surface area contributed by atoms with Crippen LogP contribution >= 0.6 is 0 Å². The third-order valence-corrected chi connectivity index (χ3v) is 3.58. The van der Waals surface area contributed by atoms with Crippen LogP contribution in [-0.4, -0.2) is 35.1 Å². The van der Waals surface area contributed by atoms with E-state index in [1.807, 2.05) is 30.3 Å². The lowest BCUT2D eigenvalue weighted by Crippen LogP contribution is -2.37. The van der Waals surface area contributed by atoms with Crippen molar-refractivity contribution in [3.8, 4) is 5.88 Å². The highest BCUT2D eigenvalue weighted by Gasteiger charge is 2.18. The molecule has 2 aromatic rings. The van der Waals surface area contributed by atoms with Crippen LogP contribution in [0.3, 0.4) is 0 Å². The van der Waals surface area contributed by atoms with Crippen molar-refractivity contribution in [2.45, 2.75) is 25.3 Å². The van der Waals surface area contributed by atoms with E-state index in [0.717, 1.165) is 5.56 Å². The number of carboxylic acids is 1. The number of nitrogens with one attached hydrogen (secondary N) is 1. The summed E-state index contributed by atoms with van der Waals surface area (Å²) in [5.41, 5.74) is 1.36. The van der Waals surface area contributed by atoms with Gasteiger partial charge in [-0.1, -0.05) is 30.3 Å². The van der Waals surface area contributed by atoms with E-state index in [1.165, 1.54) is 7.11 Å². The lowest BCUT2D eigenvalue weighted by molar-refractivity contribution is -0.137. The Morgan fingerprint density at radius 2 is 1.96 bits per heavy atom. The highest BCUT2D eigenvalue weighted by Crippen LogP contribution is 2.15. The first kappa shape index (κ1) is 17.5. The van der Waals surface area contributed by atoms with Crippen LogP contribution in [0.5, 0.6) is 5.88 Å². The van der Waals surface area contributed by atoms with E-state index in [0.29, 0.717) is 18.4 Å². The SMILES string of the molecule is COc1ncccc1C(=O)NC(CCC(=O)O)Cc1ccccc1. The van der Waals surface area contributed by atoms with Gasteiger partial charge >= 0.3 is 5.97 Å². The summed E-state index contributed by atoms with van der Waals surface area (Å²) in [5.74, 6) is -0.973. The molecule has 1 aromatic heterocycles. The zero-order chi connectivity index (χ0) is 17.4. The molecule has 0 spiro atoms. The van der Waals surface area contributed by atoms with Crippen molar-refractivity contribution >= 4 is 11.9 Å². The molecule has 1 unspecified atom stereocenters. The van der Waals surface area contributed by atoms with Crippen LogP contribution in [0.25, 0.3) is 0 Å². The summed E-state index contributed by atoms with van der Waals surface area (Å²) in [7, 11) is 1.45. The summed E-state index contributed by atoms with van der Waals surface area (Å²) >= 11 is 0. The van der Waals surface area contributed by atoms with Crippen LogP contribution in [0.15, 0.2) is 48.7 Å². The fourth-order valence-corrected chi connectivity index (χ4v) is 2.41. The van der Waals surface area contributed by atoms with E-state index in [2.05, 4.69) is 10.3 Å². The van der Waals surface area contributed by atoms with Crippen LogP contribution in [0, 0.1) is 0 Å². The molecule has 0 aliphatic rings. The van der Waals surface area contributed by atoms with Gasteiger partial charge < -0.3 is 15.2 Å². The first-order chi connectivity index (χ1) is 11.6. The van der Waals surface area contributed by atoms with Crippen molar-refractivity contribution in [1.82, 2.24) is 10.3 Å². The van der Waals surface area contributed by atoms with Gasteiger partial charge in [0.25, 0.3) is 5.91 Å². The molecule has 1 heterocycles. The van der Waals surface area contributed by atoms with Crippen LogP contribution < -0.4 is 10.1 Å². The number of carbonyl (C=O) groups excluding carboxylic acids is 1. The zero-order valence-electron chi connectivity index (χ0n) is 13.4. The lowest BCUT2D eigenvalue weighted by atomic mass is 10.0. The minimum atomic E-state index is -0.888. The number of ether oxygens (including phenoxy) is 1. The van der Waals surface area contributed by atoms with Gasteiger partial charge in [0.2, 0.25) is 5.88 Å². The Balaban J connectivity index is 2.11. The molecule has 2 rings (SSSR count). The van der Waals surface area contributed by atoms with E-state index in [9.17, 15) is 9.59 Å². The van der Waals surface area contributed by atoms with E-state index in [4.69, 9.17) is 9.84 Å². The average Bonchev–Trinajstić information content (AvgIpc) is 2.60. The number of nitrogens with zero attached hydrogens (tertiary/aromatic N) is 1. The number of hydrogen-bond donors (Lipinski definition) is 2. The summed E-state index contributed by atoms with van der Waals surface area (Å²) in [6.07, 6.45) is 2.43. The summed E-state index contributed by atoms with van der Waals surface area (Å²) in [4.78, 5) is 27.4. The maximum absolute atomic E-state index is 12.5. The summed E-state index contributed by atoms with van der Waals surface area (Å²) < 4.78 is 5.10. The number of hydrogen-bond acceptors (Lipinski definition) is 4. The zero-order valence-corrected chi connectivity index (χ0v) is 13.4. The van der Waals surface area contributed by atoms with Gasteiger partial charge in [-0.05, 0) is 30.5 Å². The van der Waals surface area contributed by atoms with Crippen molar-refractivity contribution in [2.24, 2.45) is 0 Å². The van der Waals surface area contributed by atoms with Crippen LogP contribution in [0.4, 0.5) is 0 Å². The highest BCUT2D eigenvalue weighted by molar-refractivity contribution is 5.96. The molecule has 0 bridgehead atoms. The van der Waals surface area contributed by atoms with Gasteiger partial charge in [0, 0.05) is 18.7 Å². The quantitative estimate of drug-likeness (QED) is 0.776. The van der Waals surface area contributed by atoms with Crippen molar-refractivity contribution in [2.75, 3.05) is 7.11 Å². The number of carboxylic acid groups (broad SMARTS) is 1. The first-order valence-corrected chi connectivity index (χ1v) is 7.65. The Morgan fingerprint density at radius 3 is 2.62 bits per heavy atom. The number of aromatic nitrogens is 1. The van der Waals surface area contributed by atoms with Crippen molar-refractivity contribution in [1.29, 1.82) is 0 Å². The molecule has 0 saturated heterocycles. The molecule has 0 radical (unpaired) electrons. The predicted molar refractivity (Wildman–Crippen MR) is 89.1 cm³/mol. The molecule has 0 aliphatic heterocycles. The number of pyridine rings is 1. The Kier molecular flexibility index (Phi) is 6.31. The van der Waals surface area contributed by atoms with Gasteiger partial charge in [-0.15, -0.1) is 0 Å². The molecular formula is C18H20N2O4. The van der Waals surface area contributed by atoms with Gasteiger partial charge in [0.15, 0.2) is 0 Å². The van der Waals surface area contributed by atoms with E-state index in [1.54, 1.807) is 18.3 Å². The van der Waals surface area contributed by atoms with E-state index >= 15 is 0 Å². The molecule has 0 aliphatic carbocycles. The molecular weight excluding hydrogens is 308 g/mol. The number of aliphatic carboxylic acids is 1. The van der Waals surface area contributed by atoms with Crippen LogP contribution in [0.1, 0.15) is 28.8 Å². The number of rotatable bonds is 8. The van der Waals surface area contributed by atoms with Crippen LogP contribution in [-0.2, 0) is 11.2 Å². The van der Waals surface area contributed by atoms with Crippen LogP contribution in [0.2, 0.25) is 0 Å². The fraction of sp³-hybridized carbons (Fsp3) is 0.278. The Bertz CT molecular complexity index is 688. The lowest BCUT2D eigenvalue weighted by Gasteiger charge is -2.19. The predicted octanol–water partition coefficient (Wildman–Crippen LogP) is 2.30. The minimum absolute atomic E-state index is 0.0119. The number of methoxy groups -OCH3 is 1. The third kappa shape index (κ3) is 5.08. The molecule has 24 heavy (non-hydrogen) atoms. The van der Waals surface area contributed by atoms with Gasteiger partial charge in [0.05, 0.1) is 7.11 Å². The fourth-order valence-electron chi connectivity index (χ4n) is 2.41. The standard InChI is InChI=1S/C18H20N2O4/c1-24-18-15(8-5-11-19-18)17(23)20-14(9-10-16(21)22)12-13-6-3-2-4-7-13/h2-8,11,14H,9-10,12H2,1H3,(H,20,23)(H,21,22). The molecule has 6 nitrogen and oxygen atoms in total. The number of carbonyl (C=O) groups is 2. The maximum Gasteiger partial charge on any atom is 0.303 e. The van der Waals surface area contributed by atoms with Crippen molar-refractivity contribution in [3.05, 3.63) is 59.8 Å². The topological polar surface area (TPSA) is 88.5 Å². The molecule has 6 heteroatoms. The third-order valence-electron chi connectivity index (χ3n) is 3.58. The minimum Gasteiger partial charge on any atom is -0.481 e. The van der Waals surface area contributed by atoms with Crippen molar-refractivity contribution < 1.29 is 19.4 Å². The monoisotopic (exact) mass is 328 g/mol. The maximum atomic E-state index is 12.5. The van der Waals surface area contributed by atoms with E-state index < -0.39 is 5.97 Å². The number of amides is 1. The second-order valence-electron chi connectivity index (χ2n) is 5.35. The van der Waals surface area contributed by atoms with Crippen molar-refractivity contribution in [3.63, 3.8) is 0 Å². The van der Waals surface area contributed by atoms with Gasteiger partial charge in [-0.25, -0.2) is 4.98 Å². The molecule has 0 fully saturated rings. The first-order valence-electron chi connectivity index (χ1n) is 7.65. The molecule has 0 saturated carbocycles. The summed E-state index contributed by atoms with van der Waals surface area (Å²) in [6, 6.07) is 12.6. The molecule has 1 atom stereocenters. The molecule has 1 amide bonds. The summed E-state index contributed by atoms with van der Waals surface area (Å²) in [6.45, 7) is 0. The Morgan fingerprint density at radius 1 is 1.21 bits per heavy atom. The van der Waals surface area contributed by atoms with Gasteiger partial charge in [0.1, 0.15) is 5.56 Å². The second kappa shape index (κ2) is 8.67. The Labute approximate surface area is 140 Å². The molecule has 126 valence electrons. The average molecular weight is 328 g/mol. The number of benzene rings is 1. The Hall–Kier alpha value is -2.89. The van der Waals surface area contributed by atoms with Gasteiger partial charge in [-0.2, -0.15) is 0 Å². The van der Waals surface area contributed by atoms with Gasteiger partial charge in [-0.3, -0.25) is 9.59 Å².